The van der Waals surface area contributed by atoms with Gasteiger partial charge in [-0.25, -0.2) is 0 Å². The van der Waals surface area contributed by atoms with E-state index in [1.165, 1.54) is 0 Å². The van der Waals surface area contributed by atoms with E-state index < -0.39 is 0 Å². The van der Waals surface area contributed by atoms with Crippen molar-refractivity contribution >= 4 is 5.78 Å². The predicted molar refractivity (Wildman–Crippen MR) is 85.2 cm³/mol. The van der Waals surface area contributed by atoms with Crippen molar-refractivity contribution in [1.29, 1.82) is 0 Å². The lowest BCUT2D eigenvalue weighted by atomic mass is 9.89. The van der Waals surface area contributed by atoms with Crippen LogP contribution in [-0.2, 0) is 4.79 Å². The van der Waals surface area contributed by atoms with Crippen LogP contribution in [0.3, 0.4) is 0 Å². The third kappa shape index (κ3) is 14.6. The molecule has 0 aromatic carbocycles. The maximum Gasteiger partial charge on any atom is 0.155 e. The van der Waals surface area contributed by atoms with Crippen LogP contribution in [0.2, 0.25) is 0 Å². The lowest BCUT2D eigenvalue weighted by Crippen LogP contribution is -2.07. The molecule has 1 nitrogen and oxygen atoms in total. The Morgan fingerprint density at radius 1 is 0.947 bits per heavy atom. The van der Waals surface area contributed by atoms with E-state index >= 15 is 0 Å². The molecule has 0 N–H and O–H groups in total. The topological polar surface area (TPSA) is 17.1 Å². The first kappa shape index (κ1) is 17.6. The molecule has 19 heavy (non-hydrogen) atoms. The summed E-state index contributed by atoms with van der Waals surface area (Å²) in [6.07, 6.45) is 19.4. The summed E-state index contributed by atoms with van der Waals surface area (Å²) in [4.78, 5) is 11.6. The quantitative estimate of drug-likeness (QED) is 0.324. The summed E-state index contributed by atoms with van der Waals surface area (Å²) in [5.41, 5.74) is 0.242. The standard InChI is InChI=1S/C18H28O/c1-5-6-7-8-9-10-11-12-13-14-17(19)15-16-18(2,3)4/h5-10,13-14H,11-12,15-16H2,1-4H3/b6-5+,8-7+,10-9+,14-13+. The number of carbonyl (C=O) groups excluding carboxylic acids is 1. The van der Waals surface area contributed by atoms with Crippen molar-refractivity contribution in [2.75, 3.05) is 0 Å². The summed E-state index contributed by atoms with van der Waals surface area (Å²) in [5, 5.41) is 0. The van der Waals surface area contributed by atoms with Crippen LogP contribution in [0.1, 0.15) is 53.4 Å². The van der Waals surface area contributed by atoms with Gasteiger partial charge in [-0.05, 0) is 37.7 Å². The van der Waals surface area contributed by atoms with Gasteiger partial charge in [0.05, 0.1) is 0 Å². The van der Waals surface area contributed by atoms with Gasteiger partial charge in [0.2, 0.25) is 0 Å². The van der Waals surface area contributed by atoms with Gasteiger partial charge < -0.3 is 0 Å². The molecule has 0 saturated heterocycles. The van der Waals surface area contributed by atoms with Crippen LogP contribution in [0.15, 0.2) is 48.6 Å². The molecule has 106 valence electrons. The van der Waals surface area contributed by atoms with Gasteiger partial charge in [0.1, 0.15) is 0 Å². The van der Waals surface area contributed by atoms with Crippen LogP contribution in [0.25, 0.3) is 0 Å². The van der Waals surface area contributed by atoms with Gasteiger partial charge in [-0.2, -0.15) is 0 Å². The maximum absolute atomic E-state index is 11.6. The third-order valence-corrected chi connectivity index (χ3v) is 2.59. The number of allylic oxidation sites excluding steroid dienone is 8. The van der Waals surface area contributed by atoms with Crippen molar-refractivity contribution in [3.8, 4) is 0 Å². The number of unbranched alkanes of at least 4 members (excludes halogenated alkanes) is 1. The number of hydrogen-bond acceptors (Lipinski definition) is 1. The molecule has 0 aliphatic heterocycles. The Bertz CT molecular complexity index is 348. The number of carbonyl (C=O) groups is 1. The summed E-state index contributed by atoms with van der Waals surface area (Å²) < 4.78 is 0. The Morgan fingerprint density at radius 2 is 1.58 bits per heavy atom. The normalized spacial score (nSPS) is 13.5. The Kier molecular flexibility index (Phi) is 9.78. The lowest BCUT2D eigenvalue weighted by Gasteiger charge is -2.16. The minimum Gasteiger partial charge on any atom is -0.295 e. The molecule has 0 aliphatic carbocycles. The molecule has 0 atom stereocenters. The van der Waals surface area contributed by atoms with E-state index in [-0.39, 0.29) is 11.2 Å². The number of rotatable bonds is 8. The van der Waals surface area contributed by atoms with Gasteiger partial charge in [-0.15, -0.1) is 0 Å². The minimum absolute atomic E-state index is 0.242. The van der Waals surface area contributed by atoms with E-state index in [9.17, 15) is 4.79 Å². The first-order valence-corrected chi connectivity index (χ1v) is 7.09. The fraction of sp³-hybridized carbons (Fsp3) is 0.500. The molecule has 0 unspecified atom stereocenters. The maximum atomic E-state index is 11.6. The zero-order valence-corrected chi connectivity index (χ0v) is 12.9. The predicted octanol–water partition coefficient (Wildman–Crippen LogP) is 5.41. The van der Waals surface area contributed by atoms with Gasteiger partial charge in [0.15, 0.2) is 5.78 Å². The SMILES string of the molecule is C/C=C/C=C/C=C/CC/C=C/C(=O)CCC(C)(C)C. The molecule has 0 saturated carbocycles. The molecule has 0 aromatic rings. The number of ketones is 1. The zero-order chi connectivity index (χ0) is 14.6. The van der Waals surface area contributed by atoms with Gasteiger partial charge in [0, 0.05) is 6.42 Å². The first-order chi connectivity index (χ1) is 8.95. The molecule has 0 rings (SSSR count). The minimum atomic E-state index is 0.242. The highest BCUT2D eigenvalue weighted by atomic mass is 16.1. The van der Waals surface area contributed by atoms with Crippen molar-refractivity contribution in [3.05, 3.63) is 48.6 Å². The van der Waals surface area contributed by atoms with Crippen LogP contribution >= 0.6 is 0 Å². The summed E-state index contributed by atoms with van der Waals surface area (Å²) in [6, 6.07) is 0. The van der Waals surface area contributed by atoms with Crippen LogP contribution < -0.4 is 0 Å². The van der Waals surface area contributed by atoms with E-state index in [1.807, 2.05) is 43.4 Å². The average Bonchev–Trinajstić information content (AvgIpc) is 2.33. The fourth-order valence-corrected chi connectivity index (χ4v) is 1.40. The molecule has 0 spiro atoms. The largest absolute Gasteiger partial charge is 0.295 e. The van der Waals surface area contributed by atoms with Crippen molar-refractivity contribution in [1.82, 2.24) is 0 Å². The van der Waals surface area contributed by atoms with Crippen molar-refractivity contribution in [3.63, 3.8) is 0 Å². The Morgan fingerprint density at radius 3 is 2.21 bits per heavy atom. The molecule has 0 aliphatic rings. The van der Waals surface area contributed by atoms with Crippen LogP contribution in [-0.4, -0.2) is 5.78 Å². The second-order valence-corrected chi connectivity index (χ2v) is 5.85. The Balaban J connectivity index is 3.71. The van der Waals surface area contributed by atoms with Crippen molar-refractivity contribution in [2.24, 2.45) is 5.41 Å². The highest BCUT2D eigenvalue weighted by molar-refractivity contribution is 5.89. The molecular weight excluding hydrogens is 232 g/mol. The summed E-state index contributed by atoms with van der Waals surface area (Å²) >= 11 is 0. The molecular formula is C18H28O. The van der Waals surface area contributed by atoms with Crippen molar-refractivity contribution < 1.29 is 4.79 Å². The van der Waals surface area contributed by atoms with E-state index in [0.717, 1.165) is 19.3 Å². The van der Waals surface area contributed by atoms with Gasteiger partial charge >= 0.3 is 0 Å². The van der Waals surface area contributed by atoms with Gasteiger partial charge in [-0.3, -0.25) is 4.79 Å². The average molecular weight is 260 g/mol. The van der Waals surface area contributed by atoms with E-state index in [1.54, 1.807) is 6.08 Å². The van der Waals surface area contributed by atoms with Crippen LogP contribution in [0.5, 0.6) is 0 Å². The molecule has 0 heterocycles. The Labute approximate surface area is 118 Å². The number of hydrogen-bond donors (Lipinski definition) is 0. The second-order valence-electron chi connectivity index (χ2n) is 5.85. The van der Waals surface area contributed by atoms with Gasteiger partial charge in [0.25, 0.3) is 0 Å². The highest BCUT2D eigenvalue weighted by Crippen LogP contribution is 2.20. The monoisotopic (exact) mass is 260 g/mol. The van der Waals surface area contributed by atoms with E-state index in [0.29, 0.717) is 6.42 Å². The molecule has 1 heteroatoms. The zero-order valence-electron chi connectivity index (χ0n) is 12.9. The van der Waals surface area contributed by atoms with Crippen LogP contribution in [0.4, 0.5) is 0 Å². The summed E-state index contributed by atoms with van der Waals surface area (Å²) in [6.45, 7) is 8.48. The van der Waals surface area contributed by atoms with Crippen LogP contribution in [0, 0.1) is 5.41 Å². The molecule has 0 amide bonds. The highest BCUT2D eigenvalue weighted by Gasteiger charge is 2.11. The smallest absolute Gasteiger partial charge is 0.155 e. The second kappa shape index (κ2) is 10.5. The molecule has 0 bridgehead atoms. The summed E-state index contributed by atoms with van der Waals surface area (Å²) in [5.74, 6) is 0.242. The lowest BCUT2D eigenvalue weighted by molar-refractivity contribution is -0.115. The van der Waals surface area contributed by atoms with E-state index in [4.69, 9.17) is 0 Å². The molecule has 0 radical (unpaired) electrons. The summed E-state index contributed by atoms with van der Waals surface area (Å²) in [7, 11) is 0. The first-order valence-electron chi connectivity index (χ1n) is 7.09. The molecule has 0 fully saturated rings. The van der Waals surface area contributed by atoms with Crippen molar-refractivity contribution in [2.45, 2.75) is 53.4 Å². The Hall–Kier alpha value is -1.37. The molecule has 0 aromatic heterocycles. The van der Waals surface area contributed by atoms with Gasteiger partial charge in [-0.1, -0.05) is 63.3 Å². The fourth-order valence-electron chi connectivity index (χ4n) is 1.40. The van der Waals surface area contributed by atoms with E-state index in [2.05, 4.69) is 26.8 Å². The third-order valence-electron chi connectivity index (χ3n) is 2.59.